The van der Waals surface area contributed by atoms with E-state index < -0.39 is 40.0 Å². The molecule has 2 rings (SSSR count). The van der Waals surface area contributed by atoms with E-state index in [1.165, 1.54) is 0 Å². The zero-order valence-corrected chi connectivity index (χ0v) is 11.0. The van der Waals surface area contributed by atoms with Crippen LogP contribution in [-0.4, -0.2) is 71.8 Å². The van der Waals surface area contributed by atoms with Gasteiger partial charge in [0.25, 0.3) is 0 Å². The molecule has 3 atom stereocenters. The van der Waals surface area contributed by atoms with Crippen LogP contribution in [0.4, 0.5) is 4.79 Å². The van der Waals surface area contributed by atoms with E-state index in [1.54, 1.807) is 0 Å². The average Bonchev–Trinajstić information content (AvgIpc) is 2.82. The van der Waals surface area contributed by atoms with Gasteiger partial charge in [-0.1, -0.05) is 0 Å². The van der Waals surface area contributed by atoms with E-state index in [1.807, 2.05) is 0 Å². The van der Waals surface area contributed by atoms with E-state index in [0.717, 1.165) is 4.90 Å². The van der Waals surface area contributed by atoms with Gasteiger partial charge in [0.2, 0.25) is 0 Å². The SMILES string of the molecule is O=C(O)[C@@H]1CC(O)CN1C(=O)NC1CCS(=O)(=O)C1. The number of urea groups is 1. The van der Waals surface area contributed by atoms with E-state index in [-0.39, 0.29) is 24.5 Å². The molecule has 0 radical (unpaired) electrons. The number of rotatable bonds is 2. The third-order valence-electron chi connectivity index (χ3n) is 3.38. The molecule has 0 aromatic rings. The second-order valence-electron chi connectivity index (χ2n) is 4.95. The number of hydrogen-bond donors (Lipinski definition) is 3. The average molecular weight is 292 g/mol. The van der Waals surface area contributed by atoms with Gasteiger partial charge in [0.05, 0.1) is 17.6 Å². The van der Waals surface area contributed by atoms with Crippen molar-refractivity contribution in [2.45, 2.75) is 31.0 Å². The highest BCUT2D eigenvalue weighted by molar-refractivity contribution is 7.91. The number of β-amino-alcohol motifs (C(OH)–C–C–N with tert-alkyl or cyclic N) is 1. The molecular weight excluding hydrogens is 276 g/mol. The van der Waals surface area contributed by atoms with Crippen molar-refractivity contribution in [1.82, 2.24) is 10.2 Å². The Hall–Kier alpha value is -1.35. The molecule has 2 saturated heterocycles. The first-order valence-corrected chi connectivity index (χ1v) is 7.79. The Labute approximate surface area is 110 Å². The zero-order chi connectivity index (χ0) is 14.2. The molecule has 9 heteroatoms. The quantitative estimate of drug-likeness (QED) is 0.563. The fraction of sp³-hybridized carbons (Fsp3) is 0.800. The lowest BCUT2D eigenvalue weighted by atomic mass is 10.2. The van der Waals surface area contributed by atoms with Crippen LogP contribution in [0.1, 0.15) is 12.8 Å². The Morgan fingerprint density at radius 1 is 1.32 bits per heavy atom. The summed E-state index contributed by atoms with van der Waals surface area (Å²) in [5.74, 6) is -1.26. The van der Waals surface area contributed by atoms with Crippen LogP contribution in [0, 0.1) is 0 Å². The van der Waals surface area contributed by atoms with Crippen molar-refractivity contribution in [2.24, 2.45) is 0 Å². The van der Waals surface area contributed by atoms with Crippen molar-refractivity contribution >= 4 is 21.8 Å². The molecule has 0 aliphatic carbocycles. The number of carbonyl (C=O) groups excluding carboxylic acids is 1. The Kier molecular flexibility index (Phi) is 3.68. The summed E-state index contributed by atoms with van der Waals surface area (Å²) in [6, 6.07) is -2.18. The Morgan fingerprint density at radius 2 is 2.00 bits per heavy atom. The second-order valence-corrected chi connectivity index (χ2v) is 7.17. The van der Waals surface area contributed by atoms with Crippen molar-refractivity contribution in [3.63, 3.8) is 0 Å². The van der Waals surface area contributed by atoms with Gasteiger partial charge < -0.3 is 20.4 Å². The Morgan fingerprint density at radius 3 is 2.53 bits per heavy atom. The fourth-order valence-electron chi connectivity index (χ4n) is 2.44. The number of aliphatic hydroxyl groups is 1. The standard InChI is InChI=1S/C10H16N2O6S/c13-7-3-8(9(14)15)12(4-7)10(16)11-6-1-2-19(17,18)5-6/h6-8,13H,1-5H2,(H,11,16)(H,14,15)/t6?,7?,8-/m0/s1. The highest BCUT2D eigenvalue weighted by Gasteiger charge is 2.40. The number of carboxylic acids is 1. The molecule has 3 N–H and O–H groups in total. The molecule has 0 aromatic heterocycles. The molecule has 19 heavy (non-hydrogen) atoms. The van der Waals surface area contributed by atoms with Gasteiger partial charge >= 0.3 is 12.0 Å². The highest BCUT2D eigenvalue weighted by atomic mass is 32.2. The van der Waals surface area contributed by atoms with Crippen molar-refractivity contribution < 1.29 is 28.2 Å². The molecule has 2 fully saturated rings. The Bertz CT molecular complexity index is 490. The minimum absolute atomic E-state index is 0.00822. The smallest absolute Gasteiger partial charge is 0.326 e. The summed E-state index contributed by atoms with van der Waals surface area (Å²) in [5, 5.41) is 20.9. The largest absolute Gasteiger partial charge is 0.480 e. The number of amides is 2. The number of carboxylic acid groups (broad SMARTS) is 1. The molecule has 108 valence electrons. The molecule has 0 aromatic carbocycles. The zero-order valence-electron chi connectivity index (χ0n) is 10.2. The van der Waals surface area contributed by atoms with Crippen molar-refractivity contribution in [3.8, 4) is 0 Å². The summed E-state index contributed by atoms with van der Waals surface area (Å²) < 4.78 is 22.5. The number of carbonyl (C=O) groups is 2. The predicted molar refractivity (Wildman–Crippen MR) is 64.3 cm³/mol. The van der Waals surface area contributed by atoms with Crippen LogP contribution in [0.3, 0.4) is 0 Å². The van der Waals surface area contributed by atoms with Crippen LogP contribution in [0.25, 0.3) is 0 Å². The van der Waals surface area contributed by atoms with Crippen LogP contribution in [0.5, 0.6) is 0 Å². The maximum atomic E-state index is 11.9. The van der Waals surface area contributed by atoms with Gasteiger partial charge in [-0.2, -0.15) is 0 Å². The van der Waals surface area contributed by atoms with Crippen LogP contribution >= 0.6 is 0 Å². The van der Waals surface area contributed by atoms with Crippen molar-refractivity contribution in [2.75, 3.05) is 18.1 Å². The third-order valence-corrected chi connectivity index (χ3v) is 5.15. The van der Waals surface area contributed by atoms with Crippen LogP contribution < -0.4 is 5.32 Å². The van der Waals surface area contributed by atoms with E-state index in [9.17, 15) is 23.1 Å². The fourth-order valence-corrected chi connectivity index (χ4v) is 4.11. The summed E-state index contributed by atoms with van der Waals surface area (Å²) in [5.41, 5.74) is 0. The summed E-state index contributed by atoms with van der Waals surface area (Å²) >= 11 is 0. The van der Waals surface area contributed by atoms with Crippen LogP contribution in [-0.2, 0) is 14.6 Å². The number of sulfone groups is 1. The summed E-state index contributed by atoms with van der Waals surface area (Å²) in [4.78, 5) is 23.9. The van der Waals surface area contributed by atoms with E-state index >= 15 is 0 Å². The molecule has 2 aliphatic rings. The lowest BCUT2D eigenvalue weighted by molar-refractivity contribution is -0.141. The van der Waals surface area contributed by atoms with Gasteiger partial charge in [0.15, 0.2) is 9.84 Å². The Balaban J connectivity index is 1.98. The summed E-state index contributed by atoms with van der Waals surface area (Å²) in [6.45, 7) is -0.0533. The van der Waals surface area contributed by atoms with E-state index in [0.29, 0.717) is 6.42 Å². The van der Waals surface area contributed by atoms with Gasteiger partial charge in [-0.25, -0.2) is 18.0 Å². The number of hydrogen-bond acceptors (Lipinski definition) is 5. The second kappa shape index (κ2) is 4.97. The number of nitrogens with one attached hydrogen (secondary N) is 1. The predicted octanol–water partition coefficient (Wildman–Crippen LogP) is -1.60. The van der Waals surface area contributed by atoms with Crippen molar-refractivity contribution in [1.29, 1.82) is 0 Å². The van der Waals surface area contributed by atoms with E-state index in [4.69, 9.17) is 5.11 Å². The first-order valence-electron chi connectivity index (χ1n) is 5.97. The lowest BCUT2D eigenvalue weighted by Gasteiger charge is -2.23. The van der Waals surface area contributed by atoms with Gasteiger partial charge in [-0.15, -0.1) is 0 Å². The number of aliphatic carboxylic acids is 1. The monoisotopic (exact) mass is 292 g/mol. The van der Waals surface area contributed by atoms with Gasteiger partial charge in [0, 0.05) is 19.0 Å². The van der Waals surface area contributed by atoms with Gasteiger partial charge in [-0.05, 0) is 6.42 Å². The number of likely N-dealkylation sites (tertiary alicyclic amines) is 1. The molecule has 8 nitrogen and oxygen atoms in total. The maximum Gasteiger partial charge on any atom is 0.326 e. The summed E-state index contributed by atoms with van der Waals surface area (Å²) in [7, 11) is -3.10. The molecule has 2 unspecified atom stereocenters. The number of aliphatic hydroxyl groups excluding tert-OH is 1. The van der Waals surface area contributed by atoms with Crippen molar-refractivity contribution in [3.05, 3.63) is 0 Å². The minimum atomic E-state index is -3.10. The molecule has 0 saturated carbocycles. The van der Waals surface area contributed by atoms with E-state index in [2.05, 4.69) is 5.32 Å². The molecule has 2 heterocycles. The van der Waals surface area contributed by atoms with Gasteiger partial charge in [-0.3, -0.25) is 0 Å². The topological polar surface area (TPSA) is 124 Å². The first-order chi connectivity index (χ1) is 8.78. The molecule has 2 amide bonds. The molecule has 2 aliphatic heterocycles. The number of nitrogens with zero attached hydrogens (tertiary/aromatic N) is 1. The minimum Gasteiger partial charge on any atom is -0.480 e. The van der Waals surface area contributed by atoms with Crippen LogP contribution in [0.2, 0.25) is 0 Å². The normalized spacial score (nSPS) is 33.3. The van der Waals surface area contributed by atoms with Gasteiger partial charge in [0.1, 0.15) is 6.04 Å². The van der Waals surface area contributed by atoms with Crippen LogP contribution in [0.15, 0.2) is 0 Å². The molecule has 0 bridgehead atoms. The summed E-state index contributed by atoms with van der Waals surface area (Å²) in [6.07, 6.45) is -0.535. The maximum absolute atomic E-state index is 11.9. The molecular formula is C10H16N2O6S. The third kappa shape index (κ3) is 3.16. The first kappa shape index (κ1) is 14.1. The lowest BCUT2D eigenvalue weighted by Crippen LogP contribution is -2.49. The highest BCUT2D eigenvalue weighted by Crippen LogP contribution is 2.19. The molecule has 0 spiro atoms.